The molecule has 2 aromatic carbocycles. The van der Waals surface area contributed by atoms with Crippen molar-refractivity contribution in [1.29, 1.82) is 0 Å². The molecule has 27 heavy (non-hydrogen) atoms. The Morgan fingerprint density at radius 2 is 1.74 bits per heavy atom. The minimum atomic E-state index is -0.392. The molecule has 1 unspecified atom stereocenters. The van der Waals surface area contributed by atoms with Gasteiger partial charge in [0.15, 0.2) is 0 Å². The van der Waals surface area contributed by atoms with Gasteiger partial charge in [0.2, 0.25) is 5.91 Å². The molecule has 146 valence electrons. The molecule has 0 aliphatic carbocycles. The standard InChI is InChI=1S/C19H22FN3O3.ClH/c1-26-17(11-21)10-18(24)22-12-13-2-8-16(9-3-13)23-19(25)14-4-6-15(20)7-5-14;/h2-9,17H,10-12,21H2,1H3,(H,22,24)(H,23,25);1H. The van der Waals surface area contributed by atoms with E-state index in [2.05, 4.69) is 10.6 Å². The van der Waals surface area contributed by atoms with Crippen LogP contribution in [0.1, 0.15) is 22.3 Å². The number of benzene rings is 2. The highest BCUT2D eigenvalue weighted by molar-refractivity contribution is 6.04. The van der Waals surface area contributed by atoms with E-state index in [0.717, 1.165) is 5.56 Å². The van der Waals surface area contributed by atoms with Crippen molar-refractivity contribution in [3.63, 3.8) is 0 Å². The Kier molecular flexibility index (Phi) is 9.42. The summed E-state index contributed by atoms with van der Waals surface area (Å²) in [4.78, 5) is 23.9. The number of nitrogens with two attached hydrogens (primary N) is 1. The maximum atomic E-state index is 12.9. The Morgan fingerprint density at radius 3 is 2.30 bits per heavy atom. The Hall–Kier alpha value is -2.48. The number of nitrogens with one attached hydrogen (secondary N) is 2. The normalized spacial score (nSPS) is 11.2. The molecule has 2 rings (SSSR count). The zero-order valence-electron chi connectivity index (χ0n) is 14.9. The molecule has 0 aliphatic rings. The van der Waals surface area contributed by atoms with E-state index in [1.54, 1.807) is 24.3 Å². The van der Waals surface area contributed by atoms with Crippen molar-refractivity contribution in [2.75, 3.05) is 19.0 Å². The molecule has 2 aromatic rings. The predicted molar refractivity (Wildman–Crippen MR) is 104 cm³/mol. The van der Waals surface area contributed by atoms with E-state index >= 15 is 0 Å². The largest absolute Gasteiger partial charge is 0.380 e. The van der Waals surface area contributed by atoms with Gasteiger partial charge in [0.25, 0.3) is 5.91 Å². The third-order valence-corrected chi connectivity index (χ3v) is 3.82. The fourth-order valence-corrected chi connectivity index (χ4v) is 2.25. The van der Waals surface area contributed by atoms with Gasteiger partial charge in [-0.1, -0.05) is 12.1 Å². The van der Waals surface area contributed by atoms with E-state index in [-0.39, 0.29) is 43.3 Å². The van der Waals surface area contributed by atoms with Crippen molar-refractivity contribution in [3.05, 3.63) is 65.5 Å². The van der Waals surface area contributed by atoms with Crippen LogP contribution in [-0.4, -0.2) is 31.6 Å². The van der Waals surface area contributed by atoms with Gasteiger partial charge in [0.1, 0.15) is 5.82 Å². The lowest BCUT2D eigenvalue weighted by atomic mass is 10.1. The molecule has 0 aliphatic heterocycles. The van der Waals surface area contributed by atoms with Gasteiger partial charge in [-0.15, -0.1) is 12.4 Å². The lowest BCUT2D eigenvalue weighted by Crippen LogP contribution is -2.31. The molecule has 6 nitrogen and oxygen atoms in total. The quantitative estimate of drug-likeness (QED) is 0.640. The highest BCUT2D eigenvalue weighted by atomic mass is 35.5. The van der Waals surface area contributed by atoms with E-state index in [1.165, 1.54) is 31.4 Å². The summed E-state index contributed by atoms with van der Waals surface area (Å²) in [6, 6.07) is 12.4. The van der Waals surface area contributed by atoms with Gasteiger partial charge in [0.05, 0.1) is 12.5 Å². The summed E-state index contributed by atoms with van der Waals surface area (Å²) >= 11 is 0. The van der Waals surface area contributed by atoms with Crippen LogP contribution >= 0.6 is 12.4 Å². The summed E-state index contributed by atoms with van der Waals surface area (Å²) < 4.78 is 18.0. The first-order valence-corrected chi connectivity index (χ1v) is 8.17. The second kappa shape index (κ2) is 11.3. The van der Waals surface area contributed by atoms with Gasteiger partial charge in [-0.2, -0.15) is 0 Å². The summed E-state index contributed by atoms with van der Waals surface area (Å²) in [7, 11) is 1.52. The van der Waals surface area contributed by atoms with Gasteiger partial charge in [-0.05, 0) is 42.0 Å². The number of amides is 2. The van der Waals surface area contributed by atoms with Gasteiger partial charge in [0, 0.05) is 31.5 Å². The zero-order chi connectivity index (χ0) is 18.9. The number of rotatable bonds is 8. The summed E-state index contributed by atoms with van der Waals surface area (Å²) in [5.41, 5.74) is 7.35. The SMILES string of the molecule is COC(CN)CC(=O)NCc1ccc(NC(=O)c2ccc(F)cc2)cc1.Cl. The van der Waals surface area contributed by atoms with Crippen LogP contribution in [0.15, 0.2) is 48.5 Å². The average Bonchev–Trinajstić information content (AvgIpc) is 2.66. The molecule has 0 heterocycles. The Balaban J connectivity index is 0.00000364. The average molecular weight is 396 g/mol. The maximum absolute atomic E-state index is 12.9. The van der Waals surface area contributed by atoms with Crippen molar-refractivity contribution in [3.8, 4) is 0 Å². The summed E-state index contributed by atoms with van der Waals surface area (Å²) in [6.07, 6.45) is -0.0854. The minimum Gasteiger partial charge on any atom is -0.380 e. The molecule has 0 bridgehead atoms. The number of ether oxygens (including phenoxy) is 1. The number of methoxy groups -OCH3 is 1. The topological polar surface area (TPSA) is 93.4 Å². The maximum Gasteiger partial charge on any atom is 0.255 e. The Morgan fingerprint density at radius 1 is 1.11 bits per heavy atom. The lowest BCUT2D eigenvalue weighted by Gasteiger charge is -2.12. The highest BCUT2D eigenvalue weighted by Crippen LogP contribution is 2.12. The third-order valence-electron chi connectivity index (χ3n) is 3.82. The molecule has 2 amide bonds. The van der Waals surface area contributed by atoms with Crippen LogP contribution in [0.5, 0.6) is 0 Å². The number of anilines is 1. The zero-order valence-corrected chi connectivity index (χ0v) is 15.7. The molecular weight excluding hydrogens is 373 g/mol. The van der Waals surface area contributed by atoms with E-state index in [9.17, 15) is 14.0 Å². The molecule has 0 saturated carbocycles. The number of carbonyl (C=O) groups excluding carboxylic acids is 2. The molecule has 8 heteroatoms. The van der Waals surface area contributed by atoms with Crippen LogP contribution in [0.4, 0.5) is 10.1 Å². The van der Waals surface area contributed by atoms with Gasteiger partial charge < -0.3 is 21.1 Å². The minimum absolute atomic E-state index is 0. The Bertz CT molecular complexity index is 735. The van der Waals surface area contributed by atoms with E-state index in [4.69, 9.17) is 10.5 Å². The van der Waals surface area contributed by atoms with Gasteiger partial charge in [-0.3, -0.25) is 9.59 Å². The second-order valence-electron chi connectivity index (χ2n) is 5.73. The van der Waals surface area contributed by atoms with Crippen LogP contribution in [0.25, 0.3) is 0 Å². The van der Waals surface area contributed by atoms with Crippen LogP contribution in [-0.2, 0) is 16.1 Å². The number of hydrogen-bond acceptors (Lipinski definition) is 4. The van der Waals surface area contributed by atoms with Crippen LogP contribution in [0, 0.1) is 5.82 Å². The summed E-state index contributed by atoms with van der Waals surface area (Å²) in [5, 5.41) is 5.52. The third kappa shape index (κ3) is 7.34. The lowest BCUT2D eigenvalue weighted by molar-refractivity contribution is -0.123. The van der Waals surface area contributed by atoms with Crippen LogP contribution < -0.4 is 16.4 Å². The van der Waals surface area contributed by atoms with E-state index in [1.807, 2.05) is 0 Å². The monoisotopic (exact) mass is 395 g/mol. The predicted octanol–water partition coefficient (Wildman–Crippen LogP) is 2.48. The van der Waals surface area contributed by atoms with E-state index in [0.29, 0.717) is 17.8 Å². The van der Waals surface area contributed by atoms with Gasteiger partial charge in [-0.25, -0.2) is 4.39 Å². The van der Waals surface area contributed by atoms with Gasteiger partial charge >= 0.3 is 0 Å². The fraction of sp³-hybridized carbons (Fsp3) is 0.263. The van der Waals surface area contributed by atoms with Crippen LogP contribution in [0.2, 0.25) is 0 Å². The molecule has 0 aromatic heterocycles. The smallest absolute Gasteiger partial charge is 0.255 e. The second-order valence-corrected chi connectivity index (χ2v) is 5.73. The van der Waals surface area contributed by atoms with Crippen molar-refractivity contribution < 1.29 is 18.7 Å². The summed E-state index contributed by atoms with van der Waals surface area (Å²) in [5.74, 6) is -0.856. The first-order valence-electron chi connectivity index (χ1n) is 8.17. The van der Waals surface area contributed by atoms with Crippen LogP contribution in [0.3, 0.4) is 0 Å². The molecule has 0 fully saturated rings. The highest BCUT2D eigenvalue weighted by Gasteiger charge is 2.11. The molecule has 1 atom stereocenters. The fourth-order valence-electron chi connectivity index (χ4n) is 2.25. The van der Waals surface area contributed by atoms with Crippen molar-refractivity contribution in [2.45, 2.75) is 19.1 Å². The first kappa shape index (κ1) is 22.6. The molecule has 0 saturated heterocycles. The number of hydrogen-bond donors (Lipinski definition) is 3. The summed E-state index contributed by atoms with van der Waals surface area (Å²) in [6.45, 7) is 0.651. The number of halogens is 2. The molecule has 4 N–H and O–H groups in total. The molecular formula is C19H23ClFN3O3. The number of carbonyl (C=O) groups is 2. The molecule has 0 radical (unpaired) electrons. The van der Waals surface area contributed by atoms with Crippen molar-refractivity contribution in [2.24, 2.45) is 5.73 Å². The molecule has 0 spiro atoms. The van der Waals surface area contributed by atoms with Crippen molar-refractivity contribution >= 4 is 29.9 Å². The van der Waals surface area contributed by atoms with Crippen molar-refractivity contribution in [1.82, 2.24) is 5.32 Å². The van der Waals surface area contributed by atoms with E-state index < -0.39 is 5.82 Å². The Labute approximate surface area is 163 Å². The first-order chi connectivity index (χ1) is 12.5.